The van der Waals surface area contributed by atoms with E-state index >= 15 is 0 Å². The molecule has 1 atom stereocenters. The Balaban J connectivity index is 4.66. The predicted molar refractivity (Wildman–Crippen MR) is 67.7 cm³/mol. The van der Waals surface area contributed by atoms with E-state index in [2.05, 4.69) is 5.32 Å². The van der Waals surface area contributed by atoms with Gasteiger partial charge in [-0.05, 0) is 18.3 Å². The summed E-state index contributed by atoms with van der Waals surface area (Å²) in [6.45, 7) is 11.6. The van der Waals surface area contributed by atoms with Crippen LogP contribution in [0.15, 0.2) is 0 Å². The van der Waals surface area contributed by atoms with Gasteiger partial charge in [-0.3, -0.25) is 9.59 Å². The third-order valence-electron chi connectivity index (χ3n) is 2.91. The van der Waals surface area contributed by atoms with Gasteiger partial charge in [-0.15, -0.1) is 0 Å². The maximum atomic E-state index is 11.9. The van der Waals surface area contributed by atoms with Crippen molar-refractivity contribution in [1.82, 2.24) is 5.32 Å². The van der Waals surface area contributed by atoms with Gasteiger partial charge in [0.25, 0.3) is 0 Å². The fraction of sp³-hybridized carbons (Fsp3) is 0.846. The number of rotatable bonds is 5. The van der Waals surface area contributed by atoms with Gasteiger partial charge in [0.2, 0.25) is 5.91 Å². The molecule has 4 heteroatoms. The highest BCUT2D eigenvalue weighted by Gasteiger charge is 2.33. The SMILES string of the molecule is CC(C)C(C)(CC(=O)O)NC(=O)CC(C)(C)C. The van der Waals surface area contributed by atoms with E-state index < -0.39 is 11.5 Å². The van der Waals surface area contributed by atoms with E-state index in [1.807, 2.05) is 34.6 Å². The third-order valence-corrected chi connectivity index (χ3v) is 2.91. The molecule has 4 nitrogen and oxygen atoms in total. The molecule has 0 saturated heterocycles. The molecule has 1 amide bonds. The zero-order chi connectivity index (χ0) is 13.9. The smallest absolute Gasteiger partial charge is 0.305 e. The van der Waals surface area contributed by atoms with Crippen molar-refractivity contribution in [3.63, 3.8) is 0 Å². The van der Waals surface area contributed by atoms with Crippen molar-refractivity contribution in [2.75, 3.05) is 0 Å². The largest absolute Gasteiger partial charge is 0.481 e. The molecule has 0 radical (unpaired) electrons. The molecular weight excluding hydrogens is 218 g/mol. The van der Waals surface area contributed by atoms with Crippen molar-refractivity contribution in [1.29, 1.82) is 0 Å². The first-order chi connectivity index (χ1) is 7.46. The molecule has 0 aliphatic carbocycles. The molecule has 100 valence electrons. The van der Waals surface area contributed by atoms with Crippen molar-refractivity contribution in [2.24, 2.45) is 11.3 Å². The van der Waals surface area contributed by atoms with Crippen LogP contribution in [0.4, 0.5) is 0 Å². The Labute approximate surface area is 104 Å². The number of carboxylic acid groups (broad SMARTS) is 1. The lowest BCUT2D eigenvalue weighted by Gasteiger charge is -2.34. The molecule has 1 unspecified atom stereocenters. The topological polar surface area (TPSA) is 66.4 Å². The van der Waals surface area contributed by atoms with Crippen molar-refractivity contribution < 1.29 is 14.7 Å². The van der Waals surface area contributed by atoms with E-state index in [-0.39, 0.29) is 23.7 Å². The Morgan fingerprint density at radius 2 is 1.59 bits per heavy atom. The summed E-state index contributed by atoms with van der Waals surface area (Å²) in [5, 5.41) is 11.8. The maximum absolute atomic E-state index is 11.9. The van der Waals surface area contributed by atoms with E-state index in [1.54, 1.807) is 6.92 Å². The molecule has 0 bridgehead atoms. The van der Waals surface area contributed by atoms with Crippen molar-refractivity contribution in [3.05, 3.63) is 0 Å². The summed E-state index contributed by atoms with van der Waals surface area (Å²) in [6, 6.07) is 0. The van der Waals surface area contributed by atoms with Crippen LogP contribution in [-0.2, 0) is 9.59 Å². The molecule has 0 rings (SSSR count). The van der Waals surface area contributed by atoms with Gasteiger partial charge in [0.15, 0.2) is 0 Å². The summed E-state index contributed by atoms with van der Waals surface area (Å²) in [5.41, 5.74) is -0.778. The van der Waals surface area contributed by atoms with Gasteiger partial charge in [0, 0.05) is 12.0 Å². The van der Waals surface area contributed by atoms with E-state index in [1.165, 1.54) is 0 Å². The normalized spacial score (nSPS) is 15.5. The van der Waals surface area contributed by atoms with Crippen LogP contribution >= 0.6 is 0 Å². The van der Waals surface area contributed by atoms with Gasteiger partial charge in [0.1, 0.15) is 0 Å². The van der Waals surface area contributed by atoms with Crippen molar-refractivity contribution >= 4 is 11.9 Å². The molecule has 0 aromatic heterocycles. The molecule has 0 aliphatic heterocycles. The summed E-state index contributed by atoms with van der Waals surface area (Å²) < 4.78 is 0. The Kier molecular flexibility index (Phi) is 5.17. The summed E-state index contributed by atoms with van der Waals surface area (Å²) in [5.74, 6) is -0.908. The molecular formula is C13H25NO3. The predicted octanol–water partition coefficient (Wildman–Crippen LogP) is 2.43. The van der Waals surface area contributed by atoms with E-state index in [9.17, 15) is 9.59 Å². The number of aliphatic carboxylic acids is 1. The summed E-state index contributed by atoms with van der Waals surface area (Å²) in [6.07, 6.45) is 0.343. The molecule has 0 aliphatic rings. The number of carbonyl (C=O) groups is 2. The average Bonchev–Trinajstić information content (AvgIpc) is 1.96. The second-order valence-corrected chi connectivity index (χ2v) is 6.43. The molecule has 0 fully saturated rings. The summed E-state index contributed by atoms with van der Waals surface area (Å²) in [7, 11) is 0. The minimum absolute atomic E-state index is 0.0550. The highest BCUT2D eigenvalue weighted by Crippen LogP contribution is 2.23. The second kappa shape index (κ2) is 5.52. The number of amides is 1. The van der Waals surface area contributed by atoms with Gasteiger partial charge in [-0.1, -0.05) is 34.6 Å². The zero-order valence-corrected chi connectivity index (χ0v) is 11.8. The molecule has 2 N–H and O–H groups in total. The minimum atomic E-state index is -0.891. The van der Waals surface area contributed by atoms with Gasteiger partial charge in [-0.2, -0.15) is 0 Å². The van der Waals surface area contributed by atoms with Gasteiger partial charge in [0.05, 0.1) is 6.42 Å². The molecule has 0 aromatic rings. The lowest BCUT2D eigenvalue weighted by molar-refractivity contribution is -0.139. The van der Waals surface area contributed by atoms with Crippen LogP contribution in [0.3, 0.4) is 0 Å². The number of carboxylic acids is 1. The molecule has 0 saturated carbocycles. The highest BCUT2D eigenvalue weighted by molar-refractivity contribution is 5.78. The van der Waals surface area contributed by atoms with Crippen molar-refractivity contribution in [2.45, 2.75) is 59.9 Å². The van der Waals surface area contributed by atoms with E-state index in [4.69, 9.17) is 5.11 Å². The second-order valence-electron chi connectivity index (χ2n) is 6.43. The van der Waals surface area contributed by atoms with E-state index in [0.717, 1.165) is 0 Å². The summed E-state index contributed by atoms with van der Waals surface area (Å²) in [4.78, 5) is 22.7. The monoisotopic (exact) mass is 243 g/mol. The number of carbonyl (C=O) groups excluding carboxylic acids is 1. The Hall–Kier alpha value is -1.06. The minimum Gasteiger partial charge on any atom is -0.481 e. The lowest BCUT2D eigenvalue weighted by atomic mass is 9.84. The number of hydrogen-bond donors (Lipinski definition) is 2. The summed E-state index contributed by atoms with van der Waals surface area (Å²) >= 11 is 0. The van der Waals surface area contributed by atoms with E-state index in [0.29, 0.717) is 6.42 Å². The third kappa shape index (κ3) is 6.29. The highest BCUT2D eigenvalue weighted by atomic mass is 16.4. The maximum Gasteiger partial charge on any atom is 0.305 e. The van der Waals surface area contributed by atoms with Crippen LogP contribution in [0, 0.1) is 11.3 Å². The molecule has 17 heavy (non-hydrogen) atoms. The fourth-order valence-corrected chi connectivity index (χ4v) is 1.55. The van der Waals surface area contributed by atoms with Crippen LogP contribution in [0.2, 0.25) is 0 Å². The van der Waals surface area contributed by atoms with Gasteiger partial charge < -0.3 is 10.4 Å². The molecule has 0 spiro atoms. The van der Waals surface area contributed by atoms with Gasteiger partial charge >= 0.3 is 5.97 Å². The zero-order valence-electron chi connectivity index (χ0n) is 11.8. The Morgan fingerprint density at radius 3 is 1.88 bits per heavy atom. The van der Waals surface area contributed by atoms with Crippen LogP contribution in [-0.4, -0.2) is 22.5 Å². The van der Waals surface area contributed by atoms with Crippen molar-refractivity contribution in [3.8, 4) is 0 Å². The first kappa shape index (κ1) is 15.9. The quantitative estimate of drug-likeness (QED) is 0.779. The first-order valence-electron chi connectivity index (χ1n) is 5.99. The number of nitrogens with one attached hydrogen (secondary N) is 1. The van der Waals surface area contributed by atoms with Crippen LogP contribution in [0.5, 0.6) is 0 Å². The standard InChI is InChI=1S/C13H25NO3/c1-9(2)13(6,8-11(16)17)14-10(15)7-12(3,4)5/h9H,7-8H2,1-6H3,(H,14,15)(H,16,17). The molecule has 0 aromatic carbocycles. The fourth-order valence-electron chi connectivity index (χ4n) is 1.55. The van der Waals surface area contributed by atoms with Crippen LogP contribution in [0.25, 0.3) is 0 Å². The Morgan fingerprint density at radius 1 is 1.12 bits per heavy atom. The lowest BCUT2D eigenvalue weighted by Crippen LogP contribution is -2.51. The molecule has 0 heterocycles. The average molecular weight is 243 g/mol. The Bertz CT molecular complexity index is 292. The van der Waals surface area contributed by atoms with Crippen LogP contribution in [0.1, 0.15) is 54.4 Å². The van der Waals surface area contributed by atoms with Crippen LogP contribution < -0.4 is 5.32 Å². The number of hydrogen-bond acceptors (Lipinski definition) is 2. The van der Waals surface area contributed by atoms with Gasteiger partial charge in [-0.25, -0.2) is 0 Å². The first-order valence-corrected chi connectivity index (χ1v) is 5.99.